The van der Waals surface area contributed by atoms with E-state index in [2.05, 4.69) is 26.5 Å². The third-order valence-electron chi connectivity index (χ3n) is 7.33. The Hall–Kier alpha value is -4.57. The molecule has 1 aromatic carbocycles. The van der Waals surface area contributed by atoms with E-state index in [1.165, 1.54) is 12.1 Å². The van der Waals surface area contributed by atoms with Crippen molar-refractivity contribution in [3.8, 4) is 0 Å². The molecular weight excluding hydrogens is 564 g/mol. The Bertz CT molecular complexity index is 1230. The highest BCUT2D eigenvalue weighted by atomic mass is 16.4. The van der Waals surface area contributed by atoms with Crippen molar-refractivity contribution in [2.75, 3.05) is 43.1 Å². The van der Waals surface area contributed by atoms with Gasteiger partial charge in [0.25, 0.3) is 5.91 Å². The molecule has 1 aliphatic heterocycles. The maximum atomic E-state index is 13.1. The molecule has 1 fully saturated rings. The molecule has 0 saturated heterocycles. The van der Waals surface area contributed by atoms with Crippen molar-refractivity contribution in [3.63, 3.8) is 0 Å². The number of carbonyl (C=O) groups is 6. The lowest BCUT2D eigenvalue weighted by atomic mass is 9.81. The van der Waals surface area contributed by atoms with Gasteiger partial charge in [-0.25, -0.2) is 10.2 Å². The summed E-state index contributed by atoms with van der Waals surface area (Å²) in [5.74, 6) is -3.42. The SMILES string of the molecule is CNC(=O)C1CCC(CNC(=O)N/N=C/[C@H](CC(=O)[O-])NC(=O)CN2C(=O)[C@@H](N)CN(C(=O)CO)c3ccccc32)CC1. The quantitative estimate of drug-likeness (QED) is 0.113. The molecule has 0 spiro atoms. The molecule has 0 bridgehead atoms. The second-order valence-electron chi connectivity index (χ2n) is 10.4. The smallest absolute Gasteiger partial charge is 0.335 e. The number of carboxylic acids is 1. The molecule has 6 amide bonds. The van der Waals surface area contributed by atoms with Gasteiger partial charge in [0.2, 0.25) is 17.7 Å². The molecule has 234 valence electrons. The number of amides is 6. The van der Waals surface area contributed by atoms with Gasteiger partial charge < -0.3 is 41.6 Å². The molecule has 16 heteroatoms. The summed E-state index contributed by atoms with van der Waals surface area (Å²) in [5.41, 5.74) is 8.68. The van der Waals surface area contributed by atoms with Crippen molar-refractivity contribution in [3.05, 3.63) is 24.3 Å². The minimum atomic E-state index is -1.50. The molecule has 1 aliphatic carbocycles. The van der Waals surface area contributed by atoms with Crippen LogP contribution in [0.15, 0.2) is 29.4 Å². The molecule has 1 heterocycles. The molecule has 0 aromatic heterocycles. The first-order valence-corrected chi connectivity index (χ1v) is 13.9. The zero-order valence-electron chi connectivity index (χ0n) is 23.8. The maximum Gasteiger partial charge on any atom is 0.335 e. The number of nitrogens with one attached hydrogen (secondary N) is 4. The van der Waals surface area contributed by atoms with Crippen LogP contribution in [0.2, 0.25) is 0 Å². The molecule has 3 rings (SSSR count). The summed E-state index contributed by atoms with van der Waals surface area (Å²) in [4.78, 5) is 75.8. The fourth-order valence-electron chi connectivity index (χ4n) is 5.11. The number of anilines is 2. The lowest BCUT2D eigenvalue weighted by Gasteiger charge is -2.27. The number of aliphatic hydroxyl groups excluding tert-OH is 1. The Morgan fingerprint density at radius 2 is 1.81 bits per heavy atom. The first-order chi connectivity index (χ1) is 20.5. The van der Waals surface area contributed by atoms with Crippen molar-refractivity contribution in [1.82, 2.24) is 21.4 Å². The van der Waals surface area contributed by atoms with Gasteiger partial charge in [0.1, 0.15) is 19.2 Å². The van der Waals surface area contributed by atoms with Gasteiger partial charge in [-0.3, -0.25) is 24.1 Å². The highest BCUT2D eigenvalue weighted by molar-refractivity contribution is 6.09. The number of hydrazone groups is 1. The fraction of sp³-hybridized carbons (Fsp3) is 0.519. The molecule has 1 saturated carbocycles. The number of hydrogen-bond donors (Lipinski definition) is 6. The van der Waals surface area contributed by atoms with Crippen LogP contribution in [0.3, 0.4) is 0 Å². The molecule has 1 aromatic rings. The first-order valence-electron chi connectivity index (χ1n) is 13.9. The van der Waals surface area contributed by atoms with Crippen LogP contribution in [0, 0.1) is 11.8 Å². The Kier molecular flexibility index (Phi) is 11.9. The number of benzene rings is 1. The van der Waals surface area contributed by atoms with Crippen LogP contribution in [-0.2, 0) is 24.0 Å². The molecular formula is C27H37N8O8-. The van der Waals surface area contributed by atoms with Gasteiger partial charge in [0.05, 0.1) is 24.0 Å². The molecule has 0 radical (unpaired) electrons. The average Bonchev–Trinajstić information content (AvgIpc) is 3.09. The minimum Gasteiger partial charge on any atom is -0.550 e. The third-order valence-corrected chi connectivity index (χ3v) is 7.33. The van der Waals surface area contributed by atoms with Gasteiger partial charge in [-0.15, -0.1) is 0 Å². The number of carboxylic acid groups (broad SMARTS) is 1. The number of hydrogen-bond acceptors (Lipinski definition) is 10. The van der Waals surface area contributed by atoms with Crippen molar-refractivity contribution in [1.29, 1.82) is 0 Å². The summed E-state index contributed by atoms with van der Waals surface area (Å²) >= 11 is 0. The summed E-state index contributed by atoms with van der Waals surface area (Å²) in [6.07, 6.45) is 3.38. The van der Waals surface area contributed by atoms with Gasteiger partial charge in [-0.2, -0.15) is 5.10 Å². The monoisotopic (exact) mass is 601 g/mol. The van der Waals surface area contributed by atoms with Gasteiger partial charge in [-0.1, -0.05) is 12.1 Å². The lowest BCUT2D eigenvalue weighted by molar-refractivity contribution is -0.305. The predicted octanol–water partition coefficient (Wildman–Crippen LogP) is -2.85. The predicted molar refractivity (Wildman–Crippen MR) is 152 cm³/mol. The van der Waals surface area contributed by atoms with Gasteiger partial charge in [-0.05, 0) is 43.7 Å². The van der Waals surface area contributed by atoms with E-state index in [-0.39, 0.29) is 35.7 Å². The maximum absolute atomic E-state index is 13.1. The van der Waals surface area contributed by atoms with Crippen LogP contribution in [0.4, 0.5) is 16.2 Å². The Balaban J connectivity index is 1.58. The van der Waals surface area contributed by atoms with Gasteiger partial charge >= 0.3 is 6.03 Å². The van der Waals surface area contributed by atoms with E-state index in [1.807, 2.05) is 0 Å². The summed E-state index contributed by atoms with van der Waals surface area (Å²) in [6, 6.07) is 3.22. The number of aliphatic carboxylic acids is 1. The Labute approximate surface area is 248 Å². The number of urea groups is 1. The number of nitrogens with two attached hydrogens (primary N) is 1. The van der Waals surface area contributed by atoms with Crippen LogP contribution in [0.25, 0.3) is 0 Å². The summed E-state index contributed by atoms with van der Waals surface area (Å²) in [7, 11) is 1.60. The zero-order chi connectivity index (χ0) is 31.5. The Morgan fingerprint density at radius 3 is 2.44 bits per heavy atom. The number of aliphatic hydroxyl groups is 1. The molecule has 2 atom stereocenters. The van der Waals surface area contributed by atoms with E-state index in [1.54, 1.807) is 19.2 Å². The van der Waals surface area contributed by atoms with Crippen LogP contribution in [0.5, 0.6) is 0 Å². The summed E-state index contributed by atoms with van der Waals surface area (Å²) in [6.45, 7) is -1.24. The number of fused-ring (bicyclic) bond motifs is 1. The standard InChI is InChI=1S/C27H38N8O8/c1-29-25(41)17-8-6-16(7-9-17)11-30-27(43)33-31-12-18(10-24(39)40)32-22(37)14-35-21-5-3-2-4-20(21)34(23(38)15-36)13-19(28)26(35)42/h2-5,12,16-19,36H,6-11,13-15,28H2,1H3,(H,29,41)(H,32,37)(H,39,40)(H2,30,33,43)/p-1/b31-12+/t16?,17?,18-,19-/m0/s1. The lowest BCUT2D eigenvalue weighted by Crippen LogP contribution is -2.52. The van der Waals surface area contributed by atoms with Crippen LogP contribution in [-0.4, -0.2) is 92.3 Å². The molecule has 43 heavy (non-hydrogen) atoms. The molecule has 7 N–H and O–H groups in total. The third kappa shape index (κ3) is 9.21. The van der Waals surface area contributed by atoms with Gasteiger partial charge in [0, 0.05) is 38.1 Å². The van der Waals surface area contributed by atoms with Crippen molar-refractivity contribution in [2.45, 2.75) is 44.2 Å². The van der Waals surface area contributed by atoms with Crippen molar-refractivity contribution >= 4 is 53.2 Å². The summed E-state index contributed by atoms with van der Waals surface area (Å²) < 4.78 is 0. The normalized spacial score (nSPS) is 20.9. The van der Waals surface area contributed by atoms with E-state index in [4.69, 9.17) is 5.73 Å². The van der Waals surface area contributed by atoms with Crippen molar-refractivity contribution in [2.24, 2.45) is 22.7 Å². The van der Waals surface area contributed by atoms with Crippen LogP contribution < -0.4 is 42.0 Å². The topological polar surface area (TPSA) is 239 Å². The minimum absolute atomic E-state index is 0.0179. The van der Waals surface area contributed by atoms with Crippen LogP contribution >= 0.6 is 0 Å². The number of nitrogens with zero attached hydrogens (tertiary/aromatic N) is 3. The van der Waals surface area contributed by atoms with Gasteiger partial charge in [0.15, 0.2) is 0 Å². The highest BCUT2D eigenvalue weighted by Crippen LogP contribution is 2.32. The highest BCUT2D eigenvalue weighted by Gasteiger charge is 2.35. The Morgan fingerprint density at radius 1 is 1.14 bits per heavy atom. The average molecular weight is 602 g/mol. The molecule has 2 aliphatic rings. The number of carbonyl (C=O) groups excluding carboxylic acids is 6. The van der Waals surface area contributed by atoms with E-state index in [0.717, 1.165) is 41.7 Å². The second-order valence-corrected chi connectivity index (χ2v) is 10.4. The second kappa shape index (κ2) is 15.6. The van der Waals surface area contributed by atoms with Crippen LogP contribution in [0.1, 0.15) is 32.1 Å². The largest absolute Gasteiger partial charge is 0.550 e. The zero-order valence-corrected chi connectivity index (χ0v) is 23.8. The molecule has 0 unspecified atom stereocenters. The van der Waals surface area contributed by atoms with E-state index >= 15 is 0 Å². The van der Waals surface area contributed by atoms with E-state index in [9.17, 15) is 39.0 Å². The number of para-hydroxylation sites is 2. The van der Waals surface area contributed by atoms with E-state index in [0.29, 0.717) is 6.54 Å². The summed E-state index contributed by atoms with van der Waals surface area (Å²) in [5, 5.41) is 32.1. The molecule has 16 nitrogen and oxygen atoms in total. The number of rotatable bonds is 11. The fourth-order valence-corrected chi connectivity index (χ4v) is 5.11. The first kappa shape index (κ1) is 32.9. The van der Waals surface area contributed by atoms with Crippen molar-refractivity contribution < 1.29 is 39.0 Å². The van der Waals surface area contributed by atoms with E-state index < -0.39 is 61.4 Å².